The Kier molecular flexibility index (Phi) is 3.89. The number of thiophene rings is 1. The first-order valence-corrected chi connectivity index (χ1v) is 7.88. The van der Waals surface area contributed by atoms with Crippen molar-refractivity contribution in [2.75, 3.05) is 5.32 Å². The number of benzene rings is 2. The summed E-state index contributed by atoms with van der Waals surface area (Å²) in [4.78, 5) is 13.0. The molecule has 0 radical (unpaired) electrons. The van der Waals surface area contributed by atoms with E-state index in [9.17, 15) is 4.79 Å². The summed E-state index contributed by atoms with van der Waals surface area (Å²) < 4.78 is 0.996. The number of hydrogen-bond acceptors (Lipinski definition) is 2. The topological polar surface area (TPSA) is 29.1 Å². The van der Waals surface area contributed by atoms with E-state index in [4.69, 9.17) is 23.2 Å². The molecule has 0 saturated carbocycles. The maximum Gasteiger partial charge on any atom is 0.267 e. The summed E-state index contributed by atoms with van der Waals surface area (Å²) in [6, 6.07) is 13.1. The van der Waals surface area contributed by atoms with E-state index in [0.717, 1.165) is 15.6 Å². The molecule has 2 aromatic carbocycles. The van der Waals surface area contributed by atoms with E-state index < -0.39 is 0 Å². The van der Waals surface area contributed by atoms with E-state index >= 15 is 0 Å². The second-order valence-corrected chi connectivity index (χ2v) is 6.45. The SMILES string of the molecule is Cc1c(Cl)cccc1NC(=O)c1sc2ccccc2c1Cl. The number of halogens is 2. The van der Waals surface area contributed by atoms with Crippen LogP contribution < -0.4 is 5.32 Å². The van der Waals surface area contributed by atoms with Crippen molar-refractivity contribution in [2.45, 2.75) is 6.92 Å². The fraction of sp³-hybridized carbons (Fsp3) is 0.0625. The van der Waals surface area contributed by atoms with Crippen molar-refractivity contribution in [3.05, 3.63) is 63.0 Å². The van der Waals surface area contributed by atoms with Crippen LogP contribution in [-0.2, 0) is 0 Å². The van der Waals surface area contributed by atoms with Crippen LogP contribution in [0.15, 0.2) is 42.5 Å². The Labute approximate surface area is 136 Å². The number of rotatable bonds is 2. The molecule has 0 aliphatic heterocycles. The van der Waals surface area contributed by atoms with E-state index in [-0.39, 0.29) is 5.91 Å². The fourth-order valence-corrected chi connectivity index (χ4v) is 3.67. The average Bonchev–Trinajstić information content (AvgIpc) is 2.82. The van der Waals surface area contributed by atoms with Crippen molar-refractivity contribution in [3.63, 3.8) is 0 Å². The molecular formula is C16H11Cl2NOS. The van der Waals surface area contributed by atoms with Gasteiger partial charge in [0.1, 0.15) is 4.88 Å². The largest absolute Gasteiger partial charge is 0.321 e. The van der Waals surface area contributed by atoms with Crippen LogP contribution in [0.4, 0.5) is 5.69 Å². The van der Waals surface area contributed by atoms with Crippen LogP contribution in [0.25, 0.3) is 10.1 Å². The van der Waals surface area contributed by atoms with Gasteiger partial charge in [0.15, 0.2) is 0 Å². The van der Waals surface area contributed by atoms with Gasteiger partial charge in [-0.05, 0) is 30.7 Å². The quantitative estimate of drug-likeness (QED) is 0.632. The first-order chi connectivity index (χ1) is 10.1. The molecule has 5 heteroatoms. The Hall–Kier alpha value is -1.55. The van der Waals surface area contributed by atoms with Crippen LogP contribution in [0, 0.1) is 6.92 Å². The highest BCUT2D eigenvalue weighted by Gasteiger charge is 2.17. The highest BCUT2D eigenvalue weighted by molar-refractivity contribution is 7.21. The number of carbonyl (C=O) groups excluding carboxylic acids is 1. The van der Waals surface area contributed by atoms with Crippen molar-refractivity contribution >= 4 is 56.2 Å². The van der Waals surface area contributed by atoms with Gasteiger partial charge in [0, 0.05) is 20.8 Å². The molecule has 1 amide bonds. The molecular weight excluding hydrogens is 325 g/mol. The maximum atomic E-state index is 12.4. The first-order valence-electron chi connectivity index (χ1n) is 6.31. The van der Waals surface area contributed by atoms with Gasteiger partial charge < -0.3 is 5.32 Å². The first kappa shape index (κ1) is 14.4. The van der Waals surface area contributed by atoms with Gasteiger partial charge in [-0.3, -0.25) is 4.79 Å². The van der Waals surface area contributed by atoms with Crippen LogP contribution in [0.2, 0.25) is 10.0 Å². The molecule has 3 rings (SSSR count). The molecule has 0 fully saturated rings. The van der Waals surface area contributed by atoms with Crippen molar-refractivity contribution < 1.29 is 4.79 Å². The van der Waals surface area contributed by atoms with Crippen molar-refractivity contribution in [3.8, 4) is 0 Å². The predicted octanol–water partition coefficient (Wildman–Crippen LogP) is 5.77. The molecule has 0 aliphatic carbocycles. The molecule has 1 aromatic heterocycles. The molecule has 0 unspecified atom stereocenters. The molecule has 21 heavy (non-hydrogen) atoms. The summed E-state index contributed by atoms with van der Waals surface area (Å²) in [7, 11) is 0. The summed E-state index contributed by atoms with van der Waals surface area (Å²) in [6.07, 6.45) is 0. The van der Waals surface area contributed by atoms with Gasteiger partial charge in [-0.2, -0.15) is 0 Å². The molecule has 0 spiro atoms. The number of anilines is 1. The predicted molar refractivity (Wildman–Crippen MR) is 91.0 cm³/mol. The van der Waals surface area contributed by atoms with E-state index in [2.05, 4.69) is 5.32 Å². The summed E-state index contributed by atoms with van der Waals surface area (Å²) in [5, 5.41) is 4.89. The van der Waals surface area contributed by atoms with E-state index in [0.29, 0.717) is 20.6 Å². The third-order valence-electron chi connectivity index (χ3n) is 3.26. The highest BCUT2D eigenvalue weighted by Crippen LogP contribution is 2.35. The lowest BCUT2D eigenvalue weighted by Gasteiger charge is -2.08. The number of fused-ring (bicyclic) bond motifs is 1. The van der Waals surface area contributed by atoms with Gasteiger partial charge in [0.05, 0.1) is 5.02 Å². The lowest BCUT2D eigenvalue weighted by Crippen LogP contribution is -2.11. The number of nitrogens with one attached hydrogen (secondary N) is 1. The minimum Gasteiger partial charge on any atom is -0.321 e. The zero-order valence-electron chi connectivity index (χ0n) is 11.1. The van der Waals surface area contributed by atoms with Crippen LogP contribution in [0.1, 0.15) is 15.2 Å². The summed E-state index contributed by atoms with van der Waals surface area (Å²) in [5.41, 5.74) is 1.53. The second-order valence-electron chi connectivity index (χ2n) is 4.61. The molecule has 0 bridgehead atoms. The van der Waals surface area contributed by atoms with Crippen LogP contribution >= 0.6 is 34.5 Å². The van der Waals surface area contributed by atoms with Crippen LogP contribution in [0.5, 0.6) is 0 Å². The third kappa shape index (κ3) is 2.64. The van der Waals surface area contributed by atoms with Crippen molar-refractivity contribution in [1.29, 1.82) is 0 Å². The summed E-state index contributed by atoms with van der Waals surface area (Å²) in [6.45, 7) is 1.87. The van der Waals surface area contributed by atoms with Gasteiger partial charge in [-0.15, -0.1) is 11.3 Å². The fourth-order valence-electron chi connectivity index (χ4n) is 2.08. The normalized spacial score (nSPS) is 10.8. The summed E-state index contributed by atoms with van der Waals surface area (Å²) >= 11 is 13.8. The summed E-state index contributed by atoms with van der Waals surface area (Å²) in [5.74, 6) is -0.216. The standard InChI is InChI=1S/C16H11Cl2NOS/c1-9-11(17)6-4-7-12(9)19-16(20)15-14(18)10-5-2-3-8-13(10)21-15/h2-8H,1H3,(H,19,20). The zero-order valence-corrected chi connectivity index (χ0v) is 13.4. The lowest BCUT2D eigenvalue weighted by atomic mass is 10.2. The molecule has 1 heterocycles. The van der Waals surface area contributed by atoms with Crippen molar-refractivity contribution in [1.82, 2.24) is 0 Å². The molecule has 0 atom stereocenters. The number of hydrogen-bond donors (Lipinski definition) is 1. The van der Waals surface area contributed by atoms with Gasteiger partial charge in [-0.25, -0.2) is 0 Å². The van der Waals surface area contributed by atoms with Gasteiger partial charge in [-0.1, -0.05) is 47.5 Å². The van der Waals surface area contributed by atoms with Crippen LogP contribution in [-0.4, -0.2) is 5.91 Å². The Balaban J connectivity index is 1.97. The average molecular weight is 336 g/mol. The van der Waals surface area contributed by atoms with Crippen LogP contribution in [0.3, 0.4) is 0 Å². The Morgan fingerprint density at radius 3 is 2.62 bits per heavy atom. The monoisotopic (exact) mass is 335 g/mol. The molecule has 2 nitrogen and oxygen atoms in total. The molecule has 3 aromatic rings. The molecule has 0 saturated heterocycles. The van der Waals surface area contributed by atoms with Gasteiger partial charge in [0.25, 0.3) is 5.91 Å². The minimum absolute atomic E-state index is 0.216. The van der Waals surface area contributed by atoms with E-state index in [1.165, 1.54) is 11.3 Å². The number of amides is 1. The van der Waals surface area contributed by atoms with Crippen molar-refractivity contribution in [2.24, 2.45) is 0 Å². The third-order valence-corrected chi connectivity index (χ3v) is 5.34. The number of carbonyl (C=O) groups is 1. The van der Waals surface area contributed by atoms with Gasteiger partial charge in [0.2, 0.25) is 0 Å². The minimum atomic E-state index is -0.216. The maximum absolute atomic E-state index is 12.4. The Morgan fingerprint density at radius 1 is 1.10 bits per heavy atom. The Bertz CT molecular complexity index is 841. The Morgan fingerprint density at radius 2 is 1.86 bits per heavy atom. The van der Waals surface area contributed by atoms with E-state index in [1.807, 2.05) is 37.3 Å². The molecule has 106 valence electrons. The molecule has 0 aliphatic rings. The zero-order chi connectivity index (χ0) is 15.0. The van der Waals surface area contributed by atoms with Gasteiger partial charge >= 0.3 is 0 Å². The highest BCUT2D eigenvalue weighted by atomic mass is 35.5. The van der Waals surface area contributed by atoms with E-state index in [1.54, 1.807) is 12.1 Å². The smallest absolute Gasteiger partial charge is 0.267 e. The molecule has 1 N–H and O–H groups in total. The lowest BCUT2D eigenvalue weighted by molar-refractivity contribution is 0.103. The second kappa shape index (κ2) is 5.68.